The summed E-state index contributed by atoms with van der Waals surface area (Å²) >= 11 is 0. The number of tetrazole rings is 1. The predicted octanol–water partition coefficient (Wildman–Crippen LogP) is 0.970. The molecule has 0 bridgehead atoms. The fourth-order valence-corrected chi connectivity index (χ4v) is 4.50. The first-order chi connectivity index (χ1) is 10.7. The summed E-state index contributed by atoms with van der Waals surface area (Å²) in [6, 6.07) is 0.309. The highest BCUT2D eigenvalue weighted by Crippen LogP contribution is 2.51. The normalized spacial score (nSPS) is 29.5. The number of hydrogen-bond donors (Lipinski definition) is 0. The van der Waals surface area contributed by atoms with Crippen LogP contribution in [0.1, 0.15) is 45.4 Å². The van der Waals surface area contributed by atoms with Crippen LogP contribution >= 0.6 is 0 Å². The molecule has 120 valence electrons. The van der Waals surface area contributed by atoms with Crippen molar-refractivity contribution in [1.82, 2.24) is 25.1 Å². The van der Waals surface area contributed by atoms with Crippen molar-refractivity contribution in [3.05, 3.63) is 6.33 Å². The Bertz CT molecular complexity index is 548. The summed E-state index contributed by atoms with van der Waals surface area (Å²) in [6.07, 6.45) is 7.84. The van der Waals surface area contributed by atoms with Gasteiger partial charge in [0.25, 0.3) is 5.91 Å². The van der Waals surface area contributed by atoms with Crippen molar-refractivity contribution < 1.29 is 9.53 Å². The number of likely N-dealkylation sites (tertiary alicyclic amines) is 1. The van der Waals surface area contributed by atoms with Gasteiger partial charge in [0.2, 0.25) is 0 Å². The van der Waals surface area contributed by atoms with E-state index in [1.54, 1.807) is 11.0 Å². The number of nitrogens with zero attached hydrogens (tertiary/aromatic N) is 5. The molecule has 7 nitrogen and oxygen atoms in total. The molecule has 3 heterocycles. The van der Waals surface area contributed by atoms with Crippen molar-refractivity contribution in [2.24, 2.45) is 5.41 Å². The second-order valence-corrected chi connectivity index (χ2v) is 7.24. The number of rotatable bonds is 2. The average molecular weight is 305 g/mol. The summed E-state index contributed by atoms with van der Waals surface area (Å²) < 4.78 is 7.15. The minimum absolute atomic E-state index is 0.180. The van der Waals surface area contributed by atoms with Gasteiger partial charge in [0.05, 0.1) is 0 Å². The van der Waals surface area contributed by atoms with E-state index in [-0.39, 0.29) is 5.91 Å². The molecule has 7 heteroatoms. The molecule has 3 aliphatic rings. The van der Waals surface area contributed by atoms with Gasteiger partial charge in [-0.05, 0) is 42.0 Å². The number of aromatic nitrogens is 4. The van der Waals surface area contributed by atoms with Crippen molar-refractivity contribution in [3.8, 4) is 0 Å². The Labute approximate surface area is 130 Å². The van der Waals surface area contributed by atoms with Crippen LogP contribution in [-0.4, -0.2) is 56.8 Å². The summed E-state index contributed by atoms with van der Waals surface area (Å²) in [5.41, 5.74) is -0.270. The van der Waals surface area contributed by atoms with Crippen LogP contribution in [0, 0.1) is 5.41 Å². The molecule has 0 aromatic carbocycles. The number of ether oxygens (including phenoxy) is 1. The molecular weight excluding hydrogens is 282 g/mol. The van der Waals surface area contributed by atoms with Crippen LogP contribution in [0.4, 0.5) is 0 Å². The van der Waals surface area contributed by atoms with Gasteiger partial charge >= 0.3 is 0 Å². The third kappa shape index (κ3) is 1.98. The van der Waals surface area contributed by atoms with Gasteiger partial charge in [0, 0.05) is 38.6 Å². The zero-order valence-electron chi connectivity index (χ0n) is 13.1. The van der Waals surface area contributed by atoms with E-state index in [4.69, 9.17) is 4.74 Å². The van der Waals surface area contributed by atoms with E-state index in [0.29, 0.717) is 37.5 Å². The first kappa shape index (κ1) is 14.1. The van der Waals surface area contributed by atoms with Crippen LogP contribution < -0.4 is 0 Å². The highest BCUT2D eigenvalue weighted by atomic mass is 16.5. The quantitative estimate of drug-likeness (QED) is 0.814. The van der Waals surface area contributed by atoms with Gasteiger partial charge in [0.15, 0.2) is 0 Å². The lowest BCUT2D eigenvalue weighted by molar-refractivity contribution is -0.148. The van der Waals surface area contributed by atoms with E-state index in [2.05, 4.69) is 27.3 Å². The molecule has 1 amide bonds. The largest absolute Gasteiger partial charge is 0.381 e. The number of hydrogen-bond acceptors (Lipinski definition) is 5. The maximum Gasteiger partial charge on any atom is 0.251 e. The van der Waals surface area contributed by atoms with Gasteiger partial charge in [-0.25, -0.2) is 4.68 Å². The molecule has 0 N–H and O–H groups in total. The summed E-state index contributed by atoms with van der Waals surface area (Å²) in [6.45, 7) is 4.24. The smallest absolute Gasteiger partial charge is 0.251 e. The molecule has 1 unspecified atom stereocenters. The SMILES string of the molecule is CC1CC2(CCC2)CN1C(=O)C1(n2cnnn2)CCOCC1. The molecule has 1 aliphatic carbocycles. The van der Waals surface area contributed by atoms with Crippen LogP contribution in [0.2, 0.25) is 0 Å². The zero-order valence-corrected chi connectivity index (χ0v) is 13.1. The minimum atomic E-state index is -0.661. The fraction of sp³-hybridized carbons (Fsp3) is 0.867. The van der Waals surface area contributed by atoms with E-state index in [1.807, 2.05) is 0 Å². The van der Waals surface area contributed by atoms with Crippen LogP contribution in [-0.2, 0) is 15.1 Å². The van der Waals surface area contributed by atoms with Crippen molar-refractivity contribution in [2.75, 3.05) is 19.8 Å². The molecule has 4 rings (SSSR count). The van der Waals surface area contributed by atoms with Crippen molar-refractivity contribution in [1.29, 1.82) is 0 Å². The van der Waals surface area contributed by atoms with Crippen molar-refractivity contribution in [3.63, 3.8) is 0 Å². The molecule has 1 atom stereocenters. The fourth-order valence-electron chi connectivity index (χ4n) is 4.50. The molecule has 2 aliphatic heterocycles. The van der Waals surface area contributed by atoms with Crippen molar-refractivity contribution >= 4 is 5.91 Å². The maximum atomic E-state index is 13.4. The van der Waals surface area contributed by atoms with Gasteiger partial charge in [-0.1, -0.05) is 6.42 Å². The molecule has 1 saturated carbocycles. The van der Waals surface area contributed by atoms with E-state index >= 15 is 0 Å². The second kappa shape index (κ2) is 5.01. The Morgan fingerprint density at radius 2 is 2.05 bits per heavy atom. The Morgan fingerprint density at radius 3 is 2.59 bits per heavy atom. The lowest BCUT2D eigenvalue weighted by atomic mass is 9.68. The molecule has 0 radical (unpaired) electrons. The molecule has 1 aromatic heterocycles. The second-order valence-electron chi connectivity index (χ2n) is 7.24. The number of carbonyl (C=O) groups excluding carboxylic acids is 1. The third-order valence-corrected chi connectivity index (χ3v) is 5.95. The molecule has 22 heavy (non-hydrogen) atoms. The maximum absolute atomic E-state index is 13.4. The zero-order chi connectivity index (χ0) is 15.2. The molecule has 2 saturated heterocycles. The summed E-state index contributed by atoms with van der Waals surface area (Å²) in [5.74, 6) is 0.180. The van der Waals surface area contributed by atoms with Crippen molar-refractivity contribution in [2.45, 2.75) is 57.0 Å². The Hall–Kier alpha value is -1.50. The van der Waals surface area contributed by atoms with Gasteiger partial charge in [0.1, 0.15) is 11.9 Å². The summed E-state index contributed by atoms with van der Waals surface area (Å²) in [7, 11) is 0. The third-order valence-electron chi connectivity index (χ3n) is 5.95. The highest BCUT2D eigenvalue weighted by molar-refractivity contribution is 5.85. The summed E-state index contributed by atoms with van der Waals surface area (Å²) in [5, 5.41) is 11.5. The van der Waals surface area contributed by atoms with E-state index in [0.717, 1.165) is 13.0 Å². The highest BCUT2D eigenvalue weighted by Gasteiger charge is 2.53. The molecule has 3 fully saturated rings. The van der Waals surface area contributed by atoms with Crippen LogP contribution in [0.3, 0.4) is 0 Å². The minimum Gasteiger partial charge on any atom is -0.381 e. The average Bonchev–Trinajstić information content (AvgIpc) is 3.14. The first-order valence-corrected chi connectivity index (χ1v) is 8.28. The Balaban J connectivity index is 1.63. The molecule has 1 spiro atoms. The Kier molecular flexibility index (Phi) is 3.21. The molecule has 1 aromatic rings. The van der Waals surface area contributed by atoms with Crippen LogP contribution in [0.25, 0.3) is 0 Å². The van der Waals surface area contributed by atoms with E-state index in [1.165, 1.54) is 19.3 Å². The predicted molar refractivity (Wildman–Crippen MR) is 77.9 cm³/mol. The summed E-state index contributed by atoms with van der Waals surface area (Å²) in [4.78, 5) is 15.5. The monoisotopic (exact) mass is 305 g/mol. The van der Waals surface area contributed by atoms with E-state index < -0.39 is 5.54 Å². The standard InChI is InChI=1S/C15H23N5O2/c1-12-9-14(3-2-4-14)10-19(12)13(21)15(5-7-22-8-6-15)20-11-16-17-18-20/h11-12H,2-10H2,1H3. The first-order valence-electron chi connectivity index (χ1n) is 8.28. The number of amides is 1. The lowest BCUT2D eigenvalue weighted by Gasteiger charge is -2.41. The van der Waals surface area contributed by atoms with Gasteiger partial charge < -0.3 is 9.64 Å². The Morgan fingerprint density at radius 1 is 1.27 bits per heavy atom. The van der Waals surface area contributed by atoms with E-state index in [9.17, 15) is 4.79 Å². The lowest BCUT2D eigenvalue weighted by Crippen LogP contribution is -2.55. The van der Waals surface area contributed by atoms with Crippen LogP contribution in [0.5, 0.6) is 0 Å². The topological polar surface area (TPSA) is 73.1 Å². The van der Waals surface area contributed by atoms with Gasteiger partial charge in [-0.15, -0.1) is 5.10 Å². The number of carbonyl (C=O) groups is 1. The molecular formula is C15H23N5O2. The van der Waals surface area contributed by atoms with Gasteiger partial charge in [-0.3, -0.25) is 4.79 Å². The van der Waals surface area contributed by atoms with Gasteiger partial charge in [-0.2, -0.15) is 0 Å². The van der Waals surface area contributed by atoms with Crippen LogP contribution in [0.15, 0.2) is 6.33 Å².